The van der Waals surface area contributed by atoms with Crippen LogP contribution in [0, 0.1) is 17.3 Å². The van der Waals surface area contributed by atoms with E-state index in [2.05, 4.69) is 25.1 Å². The van der Waals surface area contributed by atoms with Crippen LogP contribution >= 0.6 is 0 Å². The van der Waals surface area contributed by atoms with Crippen LogP contribution < -0.4 is 0 Å². The Hall–Kier alpha value is -0.860. The third-order valence-electron chi connectivity index (χ3n) is 7.13. The lowest BCUT2D eigenvalue weighted by Gasteiger charge is -2.50. The van der Waals surface area contributed by atoms with Crippen molar-refractivity contribution in [3.8, 4) is 0 Å². The number of rotatable bonds is 1. The van der Waals surface area contributed by atoms with Gasteiger partial charge >= 0.3 is 0 Å². The summed E-state index contributed by atoms with van der Waals surface area (Å²) in [5.74, 6) is 2.51. The van der Waals surface area contributed by atoms with Crippen LogP contribution in [0.2, 0.25) is 0 Å². The van der Waals surface area contributed by atoms with E-state index in [0.29, 0.717) is 17.6 Å². The van der Waals surface area contributed by atoms with Gasteiger partial charge in [0.25, 0.3) is 0 Å². The Balaban J connectivity index is 1.51. The molecule has 1 N–H and O–H groups in total. The summed E-state index contributed by atoms with van der Waals surface area (Å²) in [4.78, 5) is 0. The van der Waals surface area contributed by atoms with Crippen LogP contribution in [0.4, 0.5) is 0 Å². The molecule has 0 aromatic heterocycles. The van der Waals surface area contributed by atoms with Gasteiger partial charge in [-0.2, -0.15) is 0 Å². The second kappa shape index (κ2) is 4.11. The van der Waals surface area contributed by atoms with Crippen LogP contribution in [0.15, 0.2) is 18.2 Å². The number of aliphatic hydroxyl groups is 1. The van der Waals surface area contributed by atoms with Crippen LogP contribution in [0.1, 0.15) is 55.2 Å². The topological polar surface area (TPSA) is 32.8 Å². The summed E-state index contributed by atoms with van der Waals surface area (Å²) in [5, 5.41) is 9.35. The number of fused-ring (bicyclic) bond motifs is 7. The van der Waals surface area contributed by atoms with Crippen LogP contribution in [0.3, 0.4) is 0 Å². The average molecular weight is 284 g/mol. The number of aliphatic hydroxyl groups excluding tert-OH is 1. The summed E-state index contributed by atoms with van der Waals surface area (Å²) < 4.78 is 5.88. The summed E-state index contributed by atoms with van der Waals surface area (Å²) in [6, 6.07) is 6.69. The molecule has 4 unspecified atom stereocenters. The second-order valence-corrected chi connectivity index (χ2v) is 7.98. The highest BCUT2D eigenvalue weighted by Gasteiger charge is 2.66. The van der Waals surface area contributed by atoms with E-state index in [4.69, 9.17) is 4.74 Å². The SMILES string of the molecule is C[C@]12CCC3c4ccc(CO)cc4CCC3C1C[C@H]1OC12. The fourth-order valence-corrected chi connectivity index (χ4v) is 6.03. The molecule has 3 aliphatic carbocycles. The zero-order valence-corrected chi connectivity index (χ0v) is 12.7. The molecule has 4 aliphatic rings. The van der Waals surface area contributed by atoms with Crippen molar-refractivity contribution >= 4 is 0 Å². The minimum atomic E-state index is 0.169. The van der Waals surface area contributed by atoms with Gasteiger partial charge in [0.2, 0.25) is 0 Å². The van der Waals surface area contributed by atoms with Gasteiger partial charge in [0.1, 0.15) is 0 Å². The van der Waals surface area contributed by atoms with Crippen LogP contribution in [-0.4, -0.2) is 17.3 Å². The van der Waals surface area contributed by atoms with E-state index in [1.54, 1.807) is 5.56 Å². The van der Waals surface area contributed by atoms with E-state index >= 15 is 0 Å². The molecule has 112 valence electrons. The van der Waals surface area contributed by atoms with E-state index in [1.165, 1.54) is 37.7 Å². The van der Waals surface area contributed by atoms with Crippen molar-refractivity contribution in [3.05, 3.63) is 34.9 Å². The standard InChI is InChI=1S/C19H24O2/c1-19-7-6-14-13-4-2-11(10-20)8-12(13)3-5-15(14)16(19)9-17-18(19)21-17/h2,4,8,14-18,20H,3,5-7,9-10H2,1H3/t14?,15?,16?,17-,18?,19+/m1/s1. The van der Waals surface area contributed by atoms with Crippen molar-refractivity contribution in [1.29, 1.82) is 0 Å². The number of hydrogen-bond acceptors (Lipinski definition) is 2. The van der Waals surface area contributed by atoms with Gasteiger partial charge in [0, 0.05) is 0 Å². The maximum absolute atomic E-state index is 9.35. The molecule has 6 atom stereocenters. The molecule has 1 aromatic carbocycles. The molecule has 5 rings (SSSR count). The van der Waals surface area contributed by atoms with Gasteiger partial charge in [-0.25, -0.2) is 0 Å². The van der Waals surface area contributed by atoms with E-state index in [9.17, 15) is 5.11 Å². The van der Waals surface area contributed by atoms with Gasteiger partial charge in [-0.05, 0) is 72.0 Å². The normalized spacial score (nSPS) is 46.3. The molecular formula is C19H24O2. The van der Waals surface area contributed by atoms with Crippen LogP contribution in [0.25, 0.3) is 0 Å². The number of ether oxygens (including phenoxy) is 1. The molecule has 1 saturated heterocycles. The third kappa shape index (κ3) is 1.61. The first-order valence-electron chi connectivity index (χ1n) is 8.59. The Kier molecular flexibility index (Phi) is 2.48. The average Bonchev–Trinajstić information content (AvgIpc) is 3.23. The smallest absolute Gasteiger partial charge is 0.0898 e. The van der Waals surface area contributed by atoms with Gasteiger partial charge in [-0.1, -0.05) is 25.1 Å². The number of benzene rings is 1. The predicted octanol–water partition coefficient (Wildman–Crippen LogP) is 3.41. The molecule has 0 radical (unpaired) electrons. The van der Waals surface area contributed by atoms with Crippen molar-refractivity contribution in [3.63, 3.8) is 0 Å². The Bertz CT molecular complexity index is 595. The summed E-state index contributed by atoms with van der Waals surface area (Å²) in [6.45, 7) is 2.67. The van der Waals surface area contributed by atoms with Gasteiger partial charge in [-0.3, -0.25) is 0 Å². The van der Waals surface area contributed by atoms with Crippen molar-refractivity contribution in [1.82, 2.24) is 0 Å². The Labute approximate surface area is 126 Å². The molecular weight excluding hydrogens is 260 g/mol. The van der Waals surface area contributed by atoms with Gasteiger partial charge in [0.15, 0.2) is 0 Å². The number of aryl methyl sites for hydroxylation is 1. The summed E-state index contributed by atoms with van der Waals surface area (Å²) in [7, 11) is 0. The van der Waals surface area contributed by atoms with Gasteiger partial charge < -0.3 is 9.84 Å². The highest BCUT2D eigenvalue weighted by molar-refractivity contribution is 5.38. The zero-order valence-electron chi connectivity index (χ0n) is 12.7. The monoisotopic (exact) mass is 284 g/mol. The fourth-order valence-electron chi connectivity index (χ4n) is 6.03. The Morgan fingerprint density at radius 1 is 1.33 bits per heavy atom. The molecule has 0 amide bonds. The van der Waals surface area contributed by atoms with E-state index in [0.717, 1.165) is 23.3 Å². The lowest BCUT2D eigenvalue weighted by Crippen LogP contribution is -2.42. The quantitative estimate of drug-likeness (QED) is 0.802. The fraction of sp³-hybridized carbons (Fsp3) is 0.684. The second-order valence-electron chi connectivity index (χ2n) is 7.98. The van der Waals surface area contributed by atoms with Crippen molar-refractivity contribution in [2.24, 2.45) is 17.3 Å². The lowest BCUT2D eigenvalue weighted by molar-refractivity contribution is 0.00419. The van der Waals surface area contributed by atoms with Crippen LogP contribution in [0.5, 0.6) is 0 Å². The maximum Gasteiger partial charge on any atom is 0.0898 e. The first-order chi connectivity index (χ1) is 10.2. The molecule has 0 bridgehead atoms. The molecule has 3 fully saturated rings. The molecule has 1 aliphatic heterocycles. The van der Waals surface area contributed by atoms with Crippen molar-refractivity contribution in [2.45, 2.75) is 63.8 Å². The first-order valence-corrected chi connectivity index (χ1v) is 8.59. The summed E-state index contributed by atoms with van der Waals surface area (Å²) in [5.41, 5.74) is 4.63. The summed E-state index contributed by atoms with van der Waals surface area (Å²) >= 11 is 0. The van der Waals surface area contributed by atoms with Gasteiger partial charge in [-0.15, -0.1) is 0 Å². The molecule has 2 saturated carbocycles. The van der Waals surface area contributed by atoms with E-state index in [-0.39, 0.29) is 6.61 Å². The van der Waals surface area contributed by atoms with E-state index < -0.39 is 0 Å². The minimum absolute atomic E-state index is 0.169. The van der Waals surface area contributed by atoms with Crippen LogP contribution in [-0.2, 0) is 17.8 Å². The lowest BCUT2D eigenvalue weighted by atomic mass is 9.55. The molecule has 0 spiro atoms. The van der Waals surface area contributed by atoms with Crippen molar-refractivity contribution in [2.75, 3.05) is 0 Å². The summed E-state index contributed by atoms with van der Waals surface area (Å²) in [6.07, 6.45) is 7.70. The van der Waals surface area contributed by atoms with E-state index in [1.807, 2.05) is 0 Å². The third-order valence-corrected chi connectivity index (χ3v) is 7.13. The number of hydrogen-bond donors (Lipinski definition) is 1. The number of epoxide rings is 1. The zero-order chi connectivity index (χ0) is 14.2. The Morgan fingerprint density at radius 3 is 3.10 bits per heavy atom. The maximum atomic E-state index is 9.35. The molecule has 1 aromatic rings. The highest BCUT2D eigenvalue weighted by Crippen LogP contribution is 2.66. The molecule has 1 heterocycles. The molecule has 2 nitrogen and oxygen atoms in total. The Morgan fingerprint density at radius 2 is 2.24 bits per heavy atom. The predicted molar refractivity (Wildman–Crippen MR) is 81.0 cm³/mol. The molecule has 21 heavy (non-hydrogen) atoms. The van der Waals surface area contributed by atoms with Crippen molar-refractivity contribution < 1.29 is 9.84 Å². The molecule has 2 heteroatoms. The van der Waals surface area contributed by atoms with Gasteiger partial charge in [0.05, 0.1) is 18.8 Å². The largest absolute Gasteiger partial charge is 0.392 e. The highest BCUT2D eigenvalue weighted by atomic mass is 16.6. The minimum Gasteiger partial charge on any atom is -0.392 e. The first kappa shape index (κ1) is 12.7.